The van der Waals surface area contributed by atoms with Crippen LogP contribution in [-0.2, 0) is 11.3 Å². The Morgan fingerprint density at radius 3 is 3.04 bits per heavy atom. The molecule has 5 nitrogen and oxygen atoms in total. The van der Waals surface area contributed by atoms with Gasteiger partial charge in [-0.2, -0.15) is 0 Å². The standard InChI is InChI=1S/C19H28N2O3/c1-3-12-24-18-8-4-6-16(13-18)14-21-10-5-7-17(9-11-21)20(2)15-19(22)23/h3-4,6,8,13,17H,1,5,7,9-12,14-15H2,2H3,(H,22,23). The summed E-state index contributed by atoms with van der Waals surface area (Å²) in [4.78, 5) is 15.3. The second-order valence-corrected chi connectivity index (χ2v) is 6.42. The molecule has 2 rings (SSSR count). The van der Waals surface area contributed by atoms with E-state index >= 15 is 0 Å². The second kappa shape index (κ2) is 9.45. The van der Waals surface area contributed by atoms with E-state index in [1.54, 1.807) is 6.08 Å². The normalized spacial score (nSPS) is 19.0. The predicted molar refractivity (Wildman–Crippen MR) is 95.3 cm³/mol. The Morgan fingerprint density at radius 2 is 2.29 bits per heavy atom. The molecule has 1 aromatic carbocycles. The lowest BCUT2D eigenvalue weighted by Gasteiger charge is -2.25. The van der Waals surface area contributed by atoms with Crippen LogP contribution in [0.2, 0.25) is 0 Å². The van der Waals surface area contributed by atoms with E-state index in [-0.39, 0.29) is 6.54 Å². The van der Waals surface area contributed by atoms with Crippen molar-refractivity contribution in [2.45, 2.75) is 31.8 Å². The lowest BCUT2D eigenvalue weighted by atomic mass is 10.1. The highest BCUT2D eigenvalue weighted by Crippen LogP contribution is 2.19. The van der Waals surface area contributed by atoms with E-state index in [0.29, 0.717) is 12.6 Å². The molecule has 1 N–H and O–H groups in total. The molecule has 1 aliphatic rings. The van der Waals surface area contributed by atoms with Gasteiger partial charge in [-0.3, -0.25) is 14.6 Å². The minimum absolute atomic E-state index is 0.118. The monoisotopic (exact) mass is 332 g/mol. The molecular weight excluding hydrogens is 304 g/mol. The summed E-state index contributed by atoms with van der Waals surface area (Å²) in [6, 6.07) is 8.55. The molecule has 1 saturated heterocycles. The summed E-state index contributed by atoms with van der Waals surface area (Å²) in [7, 11) is 1.91. The summed E-state index contributed by atoms with van der Waals surface area (Å²) in [5.74, 6) is 0.122. The van der Waals surface area contributed by atoms with Crippen molar-refractivity contribution in [2.75, 3.05) is 33.3 Å². The minimum atomic E-state index is -0.755. The van der Waals surface area contributed by atoms with Crippen molar-refractivity contribution in [3.63, 3.8) is 0 Å². The topological polar surface area (TPSA) is 53.0 Å². The van der Waals surface area contributed by atoms with Crippen molar-refractivity contribution in [1.29, 1.82) is 0 Å². The largest absolute Gasteiger partial charge is 0.490 e. The van der Waals surface area contributed by atoms with E-state index in [1.165, 1.54) is 5.56 Å². The molecule has 24 heavy (non-hydrogen) atoms. The number of hydrogen-bond donors (Lipinski definition) is 1. The van der Waals surface area contributed by atoms with E-state index in [0.717, 1.165) is 44.6 Å². The van der Waals surface area contributed by atoms with E-state index in [2.05, 4.69) is 23.6 Å². The minimum Gasteiger partial charge on any atom is -0.490 e. The molecule has 0 spiro atoms. The lowest BCUT2D eigenvalue weighted by Crippen LogP contribution is -2.36. The number of carbonyl (C=O) groups is 1. The number of aliphatic carboxylic acids is 1. The number of carboxylic acid groups (broad SMARTS) is 1. The van der Waals surface area contributed by atoms with Crippen LogP contribution in [0.25, 0.3) is 0 Å². The number of likely N-dealkylation sites (N-methyl/N-ethyl adjacent to an activating group) is 1. The van der Waals surface area contributed by atoms with Gasteiger partial charge in [-0.05, 0) is 57.1 Å². The molecule has 0 aromatic heterocycles. The molecule has 1 heterocycles. The number of likely N-dealkylation sites (tertiary alicyclic amines) is 1. The Bertz CT molecular complexity index is 547. The van der Waals surface area contributed by atoms with Gasteiger partial charge < -0.3 is 9.84 Å². The maximum absolute atomic E-state index is 10.9. The van der Waals surface area contributed by atoms with Crippen LogP contribution in [0.15, 0.2) is 36.9 Å². The van der Waals surface area contributed by atoms with Gasteiger partial charge in [0, 0.05) is 12.6 Å². The first-order valence-corrected chi connectivity index (χ1v) is 8.55. The first kappa shape index (κ1) is 18.5. The smallest absolute Gasteiger partial charge is 0.317 e. The summed E-state index contributed by atoms with van der Waals surface area (Å²) < 4.78 is 5.60. The maximum Gasteiger partial charge on any atom is 0.317 e. The third-order valence-corrected chi connectivity index (χ3v) is 4.47. The Labute approximate surface area is 144 Å². The highest BCUT2D eigenvalue weighted by atomic mass is 16.5. The molecule has 1 aliphatic heterocycles. The molecule has 0 aliphatic carbocycles. The molecule has 0 bridgehead atoms. The van der Waals surface area contributed by atoms with Gasteiger partial charge in [0.1, 0.15) is 12.4 Å². The van der Waals surface area contributed by atoms with Gasteiger partial charge in [0.2, 0.25) is 0 Å². The lowest BCUT2D eigenvalue weighted by molar-refractivity contribution is -0.138. The fourth-order valence-corrected chi connectivity index (χ4v) is 3.23. The zero-order chi connectivity index (χ0) is 17.4. The zero-order valence-electron chi connectivity index (χ0n) is 14.5. The van der Waals surface area contributed by atoms with Crippen molar-refractivity contribution < 1.29 is 14.6 Å². The van der Waals surface area contributed by atoms with E-state index < -0.39 is 5.97 Å². The summed E-state index contributed by atoms with van der Waals surface area (Å²) >= 11 is 0. The van der Waals surface area contributed by atoms with Crippen molar-refractivity contribution in [3.05, 3.63) is 42.5 Å². The average molecular weight is 332 g/mol. The fraction of sp³-hybridized carbons (Fsp3) is 0.526. The Morgan fingerprint density at radius 1 is 1.46 bits per heavy atom. The number of carboxylic acids is 1. The quantitative estimate of drug-likeness (QED) is 0.742. The summed E-state index contributed by atoms with van der Waals surface area (Å²) in [6.45, 7) is 7.25. The van der Waals surface area contributed by atoms with Crippen molar-refractivity contribution in [2.24, 2.45) is 0 Å². The van der Waals surface area contributed by atoms with Gasteiger partial charge in [-0.25, -0.2) is 0 Å². The van der Waals surface area contributed by atoms with Crippen LogP contribution in [0.1, 0.15) is 24.8 Å². The van der Waals surface area contributed by atoms with E-state index in [4.69, 9.17) is 9.84 Å². The van der Waals surface area contributed by atoms with Gasteiger partial charge in [0.25, 0.3) is 0 Å². The predicted octanol–water partition coefficient (Wildman–Crippen LogP) is 2.62. The third-order valence-electron chi connectivity index (χ3n) is 4.47. The van der Waals surface area contributed by atoms with Crippen molar-refractivity contribution >= 4 is 5.97 Å². The molecule has 1 unspecified atom stereocenters. The fourth-order valence-electron chi connectivity index (χ4n) is 3.23. The van der Waals surface area contributed by atoms with Crippen LogP contribution in [0.3, 0.4) is 0 Å². The van der Waals surface area contributed by atoms with Crippen molar-refractivity contribution in [3.8, 4) is 5.75 Å². The SMILES string of the molecule is C=CCOc1cccc(CN2CCCC(N(C)CC(=O)O)CC2)c1. The molecule has 0 radical (unpaired) electrons. The number of nitrogens with zero attached hydrogens (tertiary/aromatic N) is 2. The molecule has 1 aromatic rings. The highest BCUT2D eigenvalue weighted by Gasteiger charge is 2.21. The van der Waals surface area contributed by atoms with Gasteiger partial charge >= 0.3 is 5.97 Å². The zero-order valence-corrected chi connectivity index (χ0v) is 14.5. The number of hydrogen-bond acceptors (Lipinski definition) is 4. The van der Waals surface area contributed by atoms with E-state index in [9.17, 15) is 4.79 Å². The first-order valence-electron chi connectivity index (χ1n) is 8.55. The summed E-state index contributed by atoms with van der Waals surface area (Å²) in [6.07, 6.45) is 4.91. The Hall–Kier alpha value is -1.85. The number of rotatable bonds is 8. The van der Waals surface area contributed by atoms with Crippen LogP contribution in [0.5, 0.6) is 5.75 Å². The number of ether oxygens (including phenoxy) is 1. The molecule has 0 amide bonds. The molecular formula is C19H28N2O3. The summed E-state index contributed by atoms with van der Waals surface area (Å²) in [5, 5.41) is 8.95. The van der Waals surface area contributed by atoms with Gasteiger partial charge in [-0.15, -0.1) is 0 Å². The van der Waals surface area contributed by atoms with Gasteiger partial charge in [0.05, 0.1) is 6.54 Å². The van der Waals surface area contributed by atoms with Crippen LogP contribution < -0.4 is 4.74 Å². The molecule has 5 heteroatoms. The summed E-state index contributed by atoms with van der Waals surface area (Å²) in [5.41, 5.74) is 1.24. The van der Waals surface area contributed by atoms with Gasteiger partial charge in [-0.1, -0.05) is 24.8 Å². The highest BCUT2D eigenvalue weighted by molar-refractivity contribution is 5.69. The van der Waals surface area contributed by atoms with Crippen LogP contribution in [0.4, 0.5) is 0 Å². The van der Waals surface area contributed by atoms with Crippen LogP contribution >= 0.6 is 0 Å². The van der Waals surface area contributed by atoms with Crippen molar-refractivity contribution in [1.82, 2.24) is 9.80 Å². The van der Waals surface area contributed by atoms with Gasteiger partial charge in [0.15, 0.2) is 0 Å². The molecule has 1 atom stereocenters. The average Bonchev–Trinajstić information content (AvgIpc) is 2.78. The second-order valence-electron chi connectivity index (χ2n) is 6.42. The molecule has 132 valence electrons. The maximum atomic E-state index is 10.9. The molecule has 0 saturated carbocycles. The number of benzene rings is 1. The van der Waals surface area contributed by atoms with E-state index in [1.807, 2.05) is 24.1 Å². The third kappa shape index (κ3) is 5.98. The van der Waals surface area contributed by atoms with Crippen LogP contribution in [0, 0.1) is 0 Å². The Kier molecular flexibility index (Phi) is 7.28. The first-order chi connectivity index (χ1) is 11.6. The Balaban J connectivity index is 1.87. The van der Waals surface area contributed by atoms with Crippen LogP contribution in [-0.4, -0.2) is 60.2 Å². The molecule has 1 fully saturated rings.